The highest BCUT2D eigenvalue weighted by Crippen LogP contribution is 2.30. The zero-order valence-electron chi connectivity index (χ0n) is 12.7. The second kappa shape index (κ2) is 7.99. The first kappa shape index (κ1) is 17.4. The van der Waals surface area contributed by atoms with E-state index in [0.717, 1.165) is 5.56 Å². The molecule has 0 saturated heterocycles. The number of ether oxygens (including phenoxy) is 1. The first-order valence-corrected chi connectivity index (χ1v) is 7.53. The summed E-state index contributed by atoms with van der Waals surface area (Å²) in [5.74, 6) is -0.665. The van der Waals surface area contributed by atoms with Crippen molar-refractivity contribution in [3.8, 4) is 0 Å². The monoisotopic (exact) mass is 308 g/mol. The molecule has 0 aromatic heterocycles. The summed E-state index contributed by atoms with van der Waals surface area (Å²) in [5, 5.41) is 0.640. The van der Waals surface area contributed by atoms with Crippen molar-refractivity contribution in [1.82, 2.24) is 0 Å². The van der Waals surface area contributed by atoms with Crippen molar-refractivity contribution in [3.05, 3.63) is 40.9 Å². The molecule has 0 spiro atoms. The molecular formula is C17H21ClO3. The van der Waals surface area contributed by atoms with Gasteiger partial charge in [-0.15, -0.1) is 0 Å². The minimum absolute atomic E-state index is 0.221. The molecule has 0 aliphatic carbocycles. The minimum atomic E-state index is -1.08. The van der Waals surface area contributed by atoms with Crippen LogP contribution in [0.15, 0.2) is 30.3 Å². The van der Waals surface area contributed by atoms with Crippen LogP contribution in [0.25, 0.3) is 6.08 Å². The molecule has 0 aliphatic heterocycles. The van der Waals surface area contributed by atoms with Gasteiger partial charge in [-0.1, -0.05) is 43.7 Å². The predicted octanol–water partition coefficient (Wildman–Crippen LogP) is 4.29. The topological polar surface area (TPSA) is 43.4 Å². The molecule has 0 amide bonds. The number of hydrogen-bond acceptors (Lipinski definition) is 3. The Labute approximate surface area is 130 Å². The summed E-state index contributed by atoms with van der Waals surface area (Å²) in [5.41, 5.74) is -0.225. The Morgan fingerprint density at radius 1 is 1.14 bits per heavy atom. The van der Waals surface area contributed by atoms with Gasteiger partial charge in [0.2, 0.25) is 0 Å². The highest BCUT2D eigenvalue weighted by molar-refractivity contribution is 6.30. The van der Waals surface area contributed by atoms with Crippen LogP contribution in [0.5, 0.6) is 0 Å². The lowest BCUT2D eigenvalue weighted by atomic mass is 9.78. The molecule has 1 rings (SSSR count). The van der Waals surface area contributed by atoms with Gasteiger partial charge >= 0.3 is 5.97 Å². The van der Waals surface area contributed by atoms with E-state index in [2.05, 4.69) is 0 Å². The molecule has 3 nitrogen and oxygen atoms in total. The summed E-state index contributed by atoms with van der Waals surface area (Å²) in [4.78, 5) is 24.6. The standard InChI is InChI=1S/C17H21ClO3/c1-4-17(5-2,16(20)21-6-3)15(19)12-9-13-7-10-14(18)11-8-13/h7-12H,4-6H2,1-3H3/b12-9+. The molecule has 0 bridgehead atoms. The second-order valence-corrected chi connectivity index (χ2v) is 5.20. The Hall–Kier alpha value is -1.61. The van der Waals surface area contributed by atoms with Gasteiger partial charge in [0.1, 0.15) is 5.41 Å². The van der Waals surface area contributed by atoms with Crippen molar-refractivity contribution in [2.75, 3.05) is 6.61 Å². The zero-order chi connectivity index (χ0) is 15.9. The van der Waals surface area contributed by atoms with Gasteiger partial charge in [-0.05, 0) is 43.5 Å². The zero-order valence-corrected chi connectivity index (χ0v) is 13.4. The molecule has 0 aliphatic rings. The van der Waals surface area contributed by atoms with Crippen LogP contribution < -0.4 is 0 Å². The van der Waals surface area contributed by atoms with Crippen LogP contribution in [-0.2, 0) is 14.3 Å². The smallest absolute Gasteiger partial charge is 0.319 e. The molecule has 1 aromatic carbocycles. The third-order valence-corrected chi connectivity index (χ3v) is 3.89. The fourth-order valence-electron chi connectivity index (χ4n) is 2.16. The van der Waals surface area contributed by atoms with Gasteiger partial charge in [0.05, 0.1) is 6.61 Å². The lowest BCUT2D eigenvalue weighted by molar-refractivity contribution is -0.159. The van der Waals surface area contributed by atoms with E-state index in [1.807, 2.05) is 26.0 Å². The number of rotatable bonds is 7. The first-order chi connectivity index (χ1) is 10.00. The predicted molar refractivity (Wildman–Crippen MR) is 85.1 cm³/mol. The molecule has 0 saturated carbocycles. The summed E-state index contributed by atoms with van der Waals surface area (Å²) >= 11 is 5.82. The Kier molecular flexibility index (Phi) is 6.63. The van der Waals surface area contributed by atoms with Crippen LogP contribution in [0, 0.1) is 5.41 Å². The van der Waals surface area contributed by atoms with E-state index in [9.17, 15) is 9.59 Å². The molecule has 0 heterocycles. The minimum Gasteiger partial charge on any atom is -0.465 e. The third-order valence-electron chi connectivity index (χ3n) is 3.64. The van der Waals surface area contributed by atoms with Gasteiger partial charge in [0.15, 0.2) is 5.78 Å². The fraction of sp³-hybridized carbons (Fsp3) is 0.412. The van der Waals surface area contributed by atoms with E-state index in [1.165, 1.54) is 6.08 Å². The van der Waals surface area contributed by atoms with Gasteiger partial charge < -0.3 is 4.74 Å². The molecule has 0 atom stereocenters. The number of esters is 1. The van der Waals surface area contributed by atoms with Crippen LogP contribution in [0.3, 0.4) is 0 Å². The number of carbonyl (C=O) groups is 2. The number of benzene rings is 1. The van der Waals surface area contributed by atoms with Crippen molar-refractivity contribution < 1.29 is 14.3 Å². The molecule has 0 fully saturated rings. The van der Waals surface area contributed by atoms with Crippen LogP contribution in [0.1, 0.15) is 39.2 Å². The normalized spacial score (nSPS) is 11.6. The van der Waals surface area contributed by atoms with Crippen LogP contribution in [0.4, 0.5) is 0 Å². The molecular weight excluding hydrogens is 288 g/mol. The molecule has 0 radical (unpaired) electrons. The summed E-state index contributed by atoms with van der Waals surface area (Å²) in [6, 6.07) is 7.14. The molecule has 114 valence electrons. The largest absolute Gasteiger partial charge is 0.465 e. The Bertz CT molecular complexity index is 513. The SMILES string of the molecule is CCOC(=O)C(CC)(CC)C(=O)/C=C/c1ccc(Cl)cc1. The van der Waals surface area contributed by atoms with Gasteiger partial charge in [0, 0.05) is 5.02 Å². The van der Waals surface area contributed by atoms with E-state index in [1.54, 1.807) is 25.1 Å². The lowest BCUT2D eigenvalue weighted by Gasteiger charge is -2.26. The summed E-state index contributed by atoms with van der Waals surface area (Å²) in [6.45, 7) is 5.67. The number of allylic oxidation sites excluding steroid dienone is 1. The maximum atomic E-state index is 12.5. The Balaban J connectivity index is 2.96. The maximum absolute atomic E-state index is 12.5. The highest BCUT2D eigenvalue weighted by atomic mass is 35.5. The van der Waals surface area contributed by atoms with Crippen molar-refractivity contribution in [2.24, 2.45) is 5.41 Å². The van der Waals surface area contributed by atoms with Crippen molar-refractivity contribution >= 4 is 29.4 Å². The second-order valence-electron chi connectivity index (χ2n) is 4.76. The molecule has 1 aromatic rings. The molecule has 21 heavy (non-hydrogen) atoms. The number of carbonyl (C=O) groups excluding carboxylic acids is 2. The summed E-state index contributed by atoms with van der Waals surface area (Å²) in [7, 11) is 0. The van der Waals surface area contributed by atoms with Crippen LogP contribution in [0.2, 0.25) is 5.02 Å². The van der Waals surface area contributed by atoms with Crippen molar-refractivity contribution in [2.45, 2.75) is 33.6 Å². The number of hydrogen-bond donors (Lipinski definition) is 0. The van der Waals surface area contributed by atoms with E-state index in [0.29, 0.717) is 17.9 Å². The Morgan fingerprint density at radius 3 is 2.19 bits per heavy atom. The Morgan fingerprint density at radius 2 is 1.71 bits per heavy atom. The van der Waals surface area contributed by atoms with E-state index < -0.39 is 11.4 Å². The van der Waals surface area contributed by atoms with Gasteiger partial charge in [-0.25, -0.2) is 0 Å². The van der Waals surface area contributed by atoms with Gasteiger partial charge in [-0.3, -0.25) is 9.59 Å². The molecule has 0 N–H and O–H groups in total. The molecule has 4 heteroatoms. The molecule has 0 unspecified atom stereocenters. The number of ketones is 1. The van der Waals surface area contributed by atoms with E-state index in [4.69, 9.17) is 16.3 Å². The van der Waals surface area contributed by atoms with Crippen molar-refractivity contribution in [3.63, 3.8) is 0 Å². The van der Waals surface area contributed by atoms with Gasteiger partial charge in [0.25, 0.3) is 0 Å². The lowest BCUT2D eigenvalue weighted by Crippen LogP contribution is -2.38. The van der Waals surface area contributed by atoms with Crippen molar-refractivity contribution in [1.29, 1.82) is 0 Å². The fourth-order valence-corrected chi connectivity index (χ4v) is 2.29. The van der Waals surface area contributed by atoms with E-state index >= 15 is 0 Å². The highest BCUT2D eigenvalue weighted by Gasteiger charge is 2.42. The quantitative estimate of drug-likeness (QED) is 0.429. The maximum Gasteiger partial charge on any atom is 0.319 e. The third kappa shape index (κ3) is 4.18. The summed E-state index contributed by atoms with van der Waals surface area (Å²) < 4.78 is 5.07. The number of halogens is 1. The average Bonchev–Trinajstić information content (AvgIpc) is 2.49. The van der Waals surface area contributed by atoms with E-state index in [-0.39, 0.29) is 12.4 Å². The summed E-state index contributed by atoms with van der Waals surface area (Å²) in [6.07, 6.45) is 3.99. The first-order valence-electron chi connectivity index (χ1n) is 7.15. The average molecular weight is 309 g/mol. The van der Waals surface area contributed by atoms with Gasteiger partial charge in [-0.2, -0.15) is 0 Å². The van der Waals surface area contributed by atoms with Crippen LogP contribution >= 0.6 is 11.6 Å². The van der Waals surface area contributed by atoms with Crippen LogP contribution in [-0.4, -0.2) is 18.4 Å².